The van der Waals surface area contributed by atoms with Crippen molar-refractivity contribution in [3.8, 4) is 0 Å². The lowest BCUT2D eigenvalue weighted by molar-refractivity contribution is -0.123. The molecule has 2 rings (SSSR count). The van der Waals surface area contributed by atoms with Gasteiger partial charge < -0.3 is 10.1 Å². The Bertz CT molecular complexity index is 388. The maximum absolute atomic E-state index is 12.1. The van der Waals surface area contributed by atoms with Gasteiger partial charge in [-0.2, -0.15) is 0 Å². The predicted octanol–water partition coefficient (Wildman–Crippen LogP) is 1.40. The second-order valence-corrected chi connectivity index (χ2v) is 4.60. The molecule has 0 aromatic heterocycles. The van der Waals surface area contributed by atoms with Gasteiger partial charge in [0.05, 0.1) is 19.3 Å². The third kappa shape index (κ3) is 2.93. The van der Waals surface area contributed by atoms with Crippen molar-refractivity contribution in [2.24, 2.45) is 0 Å². The van der Waals surface area contributed by atoms with Crippen molar-refractivity contribution in [1.82, 2.24) is 5.32 Å². The van der Waals surface area contributed by atoms with Gasteiger partial charge in [-0.25, -0.2) is 0 Å². The van der Waals surface area contributed by atoms with Crippen molar-refractivity contribution in [2.45, 2.75) is 26.3 Å². The van der Waals surface area contributed by atoms with Crippen LogP contribution in [0.25, 0.3) is 0 Å². The lowest BCUT2D eigenvalue weighted by Gasteiger charge is -2.23. The first-order valence-corrected chi connectivity index (χ1v) is 6.07. The Morgan fingerprint density at radius 1 is 1.41 bits per heavy atom. The maximum Gasteiger partial charge on any atom is 0.156 e. The van der Waals surface area contributed by atoms with Crippen molar-refractivity contribution >= 4 is 5.78 Å². The summed E-state index contributed by atoms with van der Waals surface area (Å²) in [5.41, 5.74) is 3.54. The van der Waals surface area contributed by atoms with Gasteiger partial charge in [0.15, 0.2) is 5.78 Å². The highest BCUT2D eigenvalue weighted by atomic mass is 16.5. The van der Waals surface area contributed by atoms with Crippen LogP contribution < -0.4 is 5.32 Å². The molecule has 1 atom stereocenters. The average Bonchev–Trinajstić information content (AvgIpc) is 2.35. The normalized spacial score (nSPS) is 20.2. The number of carbonyl (C=O) groups excluding carboxylic acids is 1. The van der Waals surface area contributed by atoms with Crippen molar-refractivity contribution in [3.63, 3.8) is 0 Å². The number of benzene rings is 1. The molecule has 1 fully saturated rings. The van der Waals surface area contributed by atoms with Crippen LogP contribution in [0.5, 0.6) is 0 Å². The highest BCUT2D eigenvalue weighted by Crippen LogP contribution is 2.15. The number of nitrogens with one attached hydrogen (secondary N) is 1. The molecule has 0 bridgehead atoms. The third-order valence-electron chi connectivity index (χ3n) is 3.31. The summed E-state index contributed by atoms with van der Waals surface area (Å²) in [6, 6.07) is 6.00. The molecule has 1 aromatic carbocycles. The van der Waals surface area contributed by atoms with Crippen molar-refractivity contribution in [2.75, 3.05) is 19.8 Å². The van der Waals surface area contributed by atoms with Gasteiger partial charge >= 0.3 is 0 Å². The van der Waals surface area contributed by atoms with Crippen molar-refractivity contribution in [3.05, 3.63) is 34.9 Å². The van der Waals surface area contributed by atoms with E-state index < -0.39 is 0 Å². The topological polar surface area (TPSA) is 38.3 Å². The smallest absolute Gasteiger partial charge is 0.156 e. The molecule has 17 heavy (non-hydrogen) atoms. The molecule has 1 heterocycles. The first-order valence-electron chi connectivity index (χ1n) is 6.07. The van der Waals surface area contributed by atoms with E-state index in [9.17, 15) is 4.79 Å². The molecular weight excluding hydrogens is 214 g/mol. The largest absolute Gasteiger partial charge is 0.378 e. The molecule has 0 saturated carbocycles. The van der Waals surface area contributed by atoms with Crippen LogP contribution in [0, 0.1) is 13.8 Å². The minimum absolute atomic E-state index is 0.136. The van der Waals surface area contributed by atoms with Crippen LogP contribution in [-0.2, 0) is 16.0 Å². The van der Waals surface area contributed by atoms with Crippen LogP contribution in [0.15, 0.2) is 18.2 Å². The van der Waals surface area contributed by atoms with E-state index in [1.54, 1.807) is 0 Å². The van der Waals surface area contributed by atoms with Crippen LogP contribution in [-0.4, -0.2) is 31.6 Å². The van der Waals surface area contributed by atoms with Gasteiger partial charge in [-0.3, -0.25) is 4.79 Å². The van der Waals surface area contributed by atoms with Gasteiger partial charge in [0.2, 0.25) is 0 Å². The molecule has 0 aliphatic carbocycles. The predicted molar refractivity (Wildman–Crippen MR) is 67.2 cm³/mol. The fourth-order valence-corrected chi connectivity index (χ4v) is 2.20. The number of Topliss-reactive ketones (excluding diaryl/α,β-unsaturated/α-hetero) is 1. The molecule has 3 nitrogen and oxygen atoms in total. The zero-order valence-corrected chi connectivity index (χ0v) is 10.5. The molecular formula is C14H19NO2. The second kappa shape index (κ2) is 5.43. The maximum atomic E-state index is 12.1. The SMILES string of the molecule is Cc1cccc(C)c1CC(=O)C1COCCN1. The Labute approximate surface area is 102 Å². The Balaban J connectivity index is 2.07. The number of ether oxygens (including phenoxy) is 1. The van der Waals surface area contributed by atoms with E-state index in [0.717, 1.165) is 12.1 Å². The number of ketones is 1. The Morgan fingerprint density at radius 2 is 2.12 bits per heavy atom. The van der Waals surface area contributed by atoms with Crippen LogP contribution in [0.2, 0.25) is 0 Å². The molecule has 1 saturated heterocycles. The van der Waals surface area contributed by atoms with E-state index in [1.165, 1.54) is 11.1 Å². The molecule has 1 N–H and O–H groups in total. The Hall–Kier alpha value is -1.19. The molecule has 0 spiro atoms. The summed E-state index contributed by atoms with van der Waals surface area (Å²) in [6.07, 6.45) is 0.500. The fourth-order valence-electron chi connectivity index (χ4n) is 2.20. The van der Waals surface area contributed by atoms with Gasteiger partial charge in [0.1, 0.15) is 0 Å². The quantitative estimate of drug-likeness (QED) is 0.857. The van der Waals surface area contributed by atoms with Crippen LogP contribution in [0.4, 0.5) is 0 Å². The summed E-state index contributed by atoms with van der Waals surface area (Å²) in [5, 5.41) is 3.20. The summed E-state index contributed by atoms with van der Waals surface area (Å²) in [5.74, 6) is 0.224. The molecule has 92 valence electrons. The summed E-state index contributed by atoms with van der Waals surface area (Å²) in [7, 11) is 0. The highest BCUT2D eigenvalue weighted by molar-refractivity contribution is 5.86. The molecule has 1 aliphatic rings. The zero-order chi connectivity index (χ0) is 12.3. The van der Waals surface area contributed by atoms with Crippen molar-refractivity contribution in [1.29, 1.82) is 0 Å². The number of rotatable bonds is 3. The number of morpholine rings is 1. The standard InChI is InChI=1S/C14H19NO2/c1-10-4-3-5-11(2)12(10)8-14(16)13-9-17-7-6-15-13/h3-5,13,15H,6-9H2,1-2H3. The number of carbonyl (C=O) groups is 1. The Kier molecular flexibility index (Phi) is 3.92. The zero-order valence-electron chi connectivity index (χ0n) is 10.5. The monoisotopic (exact) mass is 233 g/mol. The second-order valence-electron chi connectivity index (χ2n) is 4.60. The number of hydrogen-bond donors (Lipinski definition) is 1. The van der Waals surface area contributed by atoms with E-state index in [4.69, 9.17) is 4.74 Å². The first-order chi connectivity index (χ1) is 8.18. The molecule has 3 heteroatoms. The third-order valence-corrected chi connectivity index (χ3v) is 3.31. The highest BCUT2D eigenvalue weighted by Gasteiger charge is 2.21. The van der Waals surface area contributed by atoms with E-state index in [1.807, 2.05) is 6.07 Å². The number of hydrogen-bond acceptors (Lipinski definition) is 3. The van der Waals surface area contributed by atoms with Crippen LogP contribution in [0.3, 0.4) is 0 Å². The first kappa shape index (κ1) is 12.3. The molecule has 1 unspecified atom stereocenters. The van der Waals surface area contributed by atoms with Crippen molar-refractivity contribution < 1.29 is 9.53 Å². The lowest BCUT2D eigenvalue weighted by Crippen LogP contribution is -2.47. The van der Waals surface area contributed by atoms with Crippen LogP contribution >= 0.6 is 0 Å². The van der Waals surface area contributed by atoms with Gasteiger partial charge in [0, 0.05) is 13.0 Å². The fraction of sp³-hybridized carbons (Fsp3) is 0.500. The van der Waals surface area contributed by atoms with Gasteiger partial charge in [0.25, 0.3) is 0 Å². The van der Waals surface area contributed by atoms with Crippen LogP contribution in [0.1, 0.15) is 16.7 Å². The molecule has 1 aliphatic heterocycles. The van der Waals surface area contributed by atoms with E-state index in [0.29, 0.717) is 19.6 Å². The summed E-state index contributed by atoms with van der Waals surface area (Å²) in [4.78, 5) is 12.1. The summed E-state index contributed by atoms with van der Waals surface area (Å²) in [6.45, 7) is 6.08. The lowest BCUT2D eigenvalue weighted by atomic mass is 9.96. The summed E-state index contributed by atoms with van der Waals surface area (Å²) >= 11 is 0. The van der Waals surface area contributed by atoms with Gasteiger partial charge in [-0.1, -0.05) is 18.2 Å². The molecule has 0 radical (unpaired) electrons. The molecule has 1 aromatic rings. The minimum atomic E-state index is -0.136. The average molecular weight is 233 g/mol. The van der Waals surface area contributed by atoms with Gasteiger partial charge in [-0.05, 0) is 30.5 Å². The summed E-state index contributed by atoms with van der Waals surface area (Å²) < 4.78 is 5.32. The minimum Gasteiger partial charge on any atom is -0.378 e. The van der Waals surface area contributed by atoms with E-state index in [-0.39, 0.29) is 11.8 Å². The van der Waals surface area contributed by atoms with E-state index in [2.05, 4.69) is 31.3 Å². The van der Waals surface area contributed by atoms with E-state index >= 15 is 0 Å². The number of aryl methyl sites for hydroxylation is 2. The van der Waals surface area contributed by atoms with Gasteiger partial charge in [-0.15, -0.1) is 0 Å². The molecule has 0 amide bonds. The Morgan fingerprint density at radius 3 is 2.71 bits per heavy atom.